The van der Waals surface area contributed by atoms with Gasteiger partial charge in [-0.25, -0.2) is 0 Å². The molecule has 1 amide bonds. The Balaban J connectivity index is 2.08. The lowest BCUT2D eigenvalue weighted by Gasteiger charge is -2.29. The van der Waals surface area contributed by atoms with E-state index in [1.165, 1.54) is 0 Å². The molecule has 1 aromatic rings. The number of amides is 1. The maximum atomic E-state index is 12.2. The maximum Gasteiger partial charge on any atom is 0.246 e. The molecule has 1 aromatic carbocycles. The first-order chi connectivity index (χ1) is 9.08. The van der Waals surface area contributed by atoms with E-state index in [1.54, 1.807) is 6.08 Å². The third-order valence-corrected chi connectivity index (χ3v) is 3.82. The van der Waals surface area contributed by atoms with Crippen molar-refractivity contribution < 1.29 is 4.79 Å². The average Bonchev–Trinajstić information content (AvgIpc) is 2.39. The molecule has 2 rings (SSSR count). The molecule has 2 N–H and O–H groups in total. The highest BCUT2D eigenvalue weighted by Crippen LogP contribution is 2.23. The standard InChI is InChI=1S/C15H19ClN2O/c1-11(13-4-2-3-5-14(13)16)10-15(19)18-8-6-12(17)7-9-18/h2-5,10,12H,6-9,17H2,1H3. The summed E-state index contributed by atoms with van der Waals surface area (Å²) >= 11 is 6.13. The number of carbonyl (C=O) groups is 1. The molecule has 0 aromatic heterocycles. The zero-order chi connectivity index (χ0) is 13.8. The Morgan fingerprint density at radius 2 is 2.00 bits per heavy atom. The molecule has 3 nitrogen and oxygen atoms in total. The van der Waals surface area contributed by atoms with Gasteiger partial charge in [-0.05, 0) is 37.0 Å². The SMILES string of the molecule is CC(=CC(=O)N1CCC(N)CC1)c1ccccc1Cl. The Labute approximate surface area is 119 Å². The summed E-state index contributed by atoms with van der Waals surface area (Å²) in [6.07, 6.45) is 3.42. The third-order valence-electron chi connectivity index (χ3n) is 3.49. The first-order valence-electron chi connectivity index (χ1n) is 6.55. The molecular weight excluding hydrogens is 260 g/mol. The lowest BCUT2D eigenvalue weighted by Crippen LogP contribution is -2.42. The lowest BCUT2D eigenvalue weighted by atomic mass is 10.0. The molecule has 1 aliphatic rings. The van der Waals surface area contributed by atoms with E-state index in [1.807, 2.05) is 36.1 Å². The minimum atomic E-state index is 0.0457. The smallest absolute Gasteiger partial charge is 0.246 e. The van der Waals surface area contributed by atoms with E-state index in [-0.39, 0.29) is 11.9 Å². The quantitative estimate of drug-likeness (QED) is 0.846. The van der Waals surface area contributed by atoms with E-state index in [2.05, 4.69) is 0 Å². The normalized spacial score (nSPS) is 17.6. The number of piperidine rings is 1. The molecule has 0 unspecified atom stereocenters. The van der Waals surface area contributed by atoms with E-state index < -0.39 is 0 Å². The Bertz CT molecular complexity index is 491. The summed E-state index contributed by atoms with van der Waals surface area (Å²) in [6.45, 7) is 3.40. The van der Waals surface area contributed by atoms with Crippen molar-refractivity contribution >= 4 is 23.1 Å². The van der Waals surface area contributed by atoms with Crippen molar-refractivity contribution in [3.05, 3.63) is 40.9 Å². The summed E-state index contributed by atoms with van der Waals surface area (Å²) in [4.78, 5) is 14.0. The maximum absolute atomic E-state index is 12.2. The zero-order valence-electron chi connectivity index (χ0n) is 11.1. The summed E-state index contributed by atoms with van der Waals surface area (Å²) in [6, 6.07) is 7.79. The van der Waals surface area contributed by atoms with Gasteiger partial charge in [0.1, 0.15) is 0 Å². The van der Waals surface area contributed by atoms with Gasteiger partial charge in [0.25, 0.3) is 0 Å². The largest absolute Gasteiger partial charge is 0.339 e. The number of halogens is 1. The molecule has 4 heteroatoms. The second-order valence-corrected chi connectivity index (χ2v) is 5.38. The number of nitrogens with zero attached hydrogens (tertiary/aromatic N) is 1. The van der Waals surface area contributed by atoms with Crippen LogP contribution in [0.25, 0.3) is 5.57 Å². The highest BCUT2D eigenvalue weighted by molar-refractivity contribution is 6.32. The number of allylic oxidation sites excluding steroid dienone is 1. The molecule has 0 aliphatic carbocycles. The lowest BCUT2D eigenvalue weighted by molar-refractivity contribution is -0.126. The summed E-state index contributed by atoms with van der Waals surface area (Å²) in [5.41, 5.74) is 7.64. The van der Waals surface area contributed by atoms with Gasteiger partial charge in [-0.15, -0.1) is 0 Å². The van der Waals surface area contributed by atoms with Gasteiger partial charge in [0.2, 0.25) is 5.91 Å². The van der Waals surface area contributed by atoms with E-state index in [4.69, 9.17) is 17.3 Å². The molecule has 1 heterocycles. The van der Waals surface area contributed by atoms with Gasteiger partial charge < -0.3 is 10.6 Å². The van der Waals surface area contributed by atoms with Gasteiger partial charge >= 0.3 is 0 Å². The van der Waals surface area contributed by atoms with E-state index >= 15 is 0 Å². The Morgan fingerprint density at radius 3 is 2.63 bits per heavy atom. The molecule has 102 valence electrons. The van der Waals surface area contributed by atoms with E-state index in [0.29, 0.717) is 5.02 Å². The summed E-state index contributed by atoms with van der Waals surface area (Å²) in [7, 11) is 0. The molecule has 19 heavy (non-hydrogen) atoms. The topological polar surface area (TPSA) is 46.3 Å². The number of hydrogen-bond acceptors (Lipinski definition) is 2. The summed E-state index contributed by atoms with van der Waals surface area (Å²) in [5.74, 6) is 0.0457. The van der Waals surface area contributed by atoms with Crippen LogP contribution in [0, 0.1) is 0 Å². The third kappa shape index (κ3) is 3.58. The molecule has 0 bridgehead atoms. The van der Waals surface area contributed by atoms with Crippen molar-refractivity contribution in [2.45, 2.75) is 25.8 Å². The van der Waals surface area contributed by atoms with E-state index in [9.17, 15) is 4.79 Å². The molecular formula is C15H19ClN2O. The van der Waals surface area contributed by atoms with Crippen LogP contribution in [0.3, 0.4) is 0 Å². The zero-order valence-corrected chi connectivity index (χ0v) is 11.9. The predicted molar refractivity (Wildman–Crippen MR) is 78.9 cm³/mol. The van der Waals surface area contributed by atoms with Crippen LogP contribution in [-0.2, 0) is 4.79 Å². The van der Waals surface area contributed by atoms with Crippen LogP contribution in [0.4, 0.5) is 0 Å². The molecule has 1 aliphatic heterocycles. The van der Waals surface area contributed by atoms with Crippen molar-refractivity contribution in [3.8, 4) is 0 Å². The van der Waals surface area contributed by atoms with Crippen molar-refractivity contribution in [2.24, 2.45) is 5.73 Å². The minimum Gasteiger partial charge on any atom is -0.339 e. The monoisotopic (exact) mass is 278 g/mol. The second-order valence-electron chi connectivity index (χ2n) is 4.97. The van der Waals surface area contributed by atoms with Crippen LogP contribution < -0.4 is 5.73 Å². The van der Waals surface area contributed by atoms with Gasteiger partial charge in [-0.2, -0.15) is 0 Å². The summed E-state index contributed by atoms with van der Waals surface area (Å²) < 4.78 is 0. The molecule has 1 fully saturated rings. The van der Waals surface area contributed by atoms with Crippen LogP contribution in [0.5, 0.6) is 0 Å². The first kappa shape index (κ1) is 14.1. The van der Waals surface area contributed by atoms with Crippen molar-refractivity contribution in [2.75, 3.05) is 13.1 Å². The molecule has 0 radical (unpaired) electrons. The summed E-state index contributed by atoms with van der Waals surface area (Å²) in [5, 5.41) is 0.671. The number of hydrogen-bond donors (Lipinski definition) is 1. The van der Waals surface area contributed by atoms with Gasteiger partial charge in [0, 0.05) is 30.2 Å². The molecule has 1 saturated heterocycles. The number of carbonyl (C=O) groups excluding carboxylic acids is 1. The van der Waals surface area contributed by atoms with Crippen molar-refractivity contribution in [3.63, 3.8) is 0 Å². The average molecular weight is 279 g/mol. The highest BCUT2D eigenvalue weighted by Gasteiger charge is 2.19. The van der Waals surface area contributed by atoms with Gasteiger partial charge in [-0.1, -0.05) is 29.8 Å². The Morgan fingerprint density at radius 1 is 1.37 bits per heavy atom. The Kier molecular flexibility index (Phi) is 4.61. The van der Waals surface area contributed by atoms with Crippen LogP contribution in [0.1, 0.15) is 25.3 Å². The number of likely N-dealkylation sites (tertiary alicyclic amines) is 1. The molecule has 0 atom stereocenters. The van der Waals surface area contributed by atoms with E-state index in [0.717, 1.165) is 37.1 Å². The van der Waals surface area contributed by atoms with Crippen LogP contribution in [-0.4, -0.2) is 29.9 Å². The van der Waals surface area contributed by atoms with Gasteiger partial charge in [0.15, 0.2) is 0 Å². The fourth-order valence-electron chi connectivity index (χ4n) is 2.26. The Hall–Kier alpha value is -1.32. The fourth-order valence-corrected chi connectivity index (χ4v) is 2.54. The predicted octanol–water partition coefficient (Wildman–Crippen LogP) is 2.69. The van der Waals surface area contributed by atoms with Crippen molar-refractivity contribution in [1.82, 2.24) is 4.90 Å². The second kappa shape index (κ2) is 6.22. The van der Waals surface area contributed by atoms with Gasteiger partial charge in [-0.3, -0.25) is 4.79 Å². The fraction of sp³-hybridized carbons (Fsp3) is 0.400. The molecule has 0 spiro atoms. The van der Waals surface area contributed by atoms with Crippen molar-refractivity contribution in [1.29, 1.82) is 0 Å². The van der Waals surface area contributed by atoms with Crippen LogP contribution in [0.2, 0.25) is 5.02 Å². The first-order valence-corrected chi connectivity index (χ1v) is 6.93. The minimum absolute atomic E-state index is 0.0457. The number of benzene rings is 1. The highest BCUT2D eigenvalue weighted by atomic mass is 35.5. The number of nitrogens with two attached hydrogens (primary N) is 1. The number of rotatable bonds is 2. The molecule has 0 saturated carbocycles. The van der Waals surface area contributed by atoms with Crippen LogP contribution >= 0.6 is 11.6 Å². The van der Waals surface area contributed by atoms with Crippen LogP contribution in [0.15, 0.2) is 30.3 Å². The van der Waals surface area contributed by atoms with Gasteiger partial charge in [0.05, 0.1) is 0 Å².